The molecular weight excluding hydrogens is 404 g/mol. The molecule has 0 aliphatic carbocycles. The summed E-state index contributed by atoms with van der Waals surface area (Å²) in [4.78, 5) is 7.16. The maximum atomic E-state index is 12.3. The quantitative estimate of drug-likeness (QED) is 0.384. The fraction of sp³-hybridized carbons (Fsp3) is 0.700. The number of nitrogens with one attached hydrogen (secondary N) is 2. The Bertz CT molecular complexity index is 472. The first-order valence-electron chi connectivity index (χ1n) is 6.09. The van der Waals surface area contributed by atoms with Gasteiger partial charge in [0.05, 0.1) is 6.10 Å². The van der Waals surface area contributed by atoms with Gasteiger partial charge < -0.3 is 15.8 Å². The molecular formula is C10H16F3IN6O. The lowest BCUT2D eigenvalue weighted by atomic mass is 10.2. The van der Waals surface area contributed by atoms with E-state index in [1.54, 1.807) is 0 Å². The molecule has 1 saturated heterocycles. The Morgan fingerprint density at radius 3 is 2.86 bits per heavy atom. The molecule has 1 aliphatic rings. The molecule has 1 aromatic heterocycles. The number of nitrogens with zero attached hydrogens (tertiary/aromatic N) is 3. The van der Waals surface area contributed by atoms with Crippen molar-refractivity contribution in [2.75, 3.05) is 13.2 Å². The van der Waals surface area contributed by atoms with Crippen LogP contribution in [0.1, 0.15) is 24.5 Å². The van der Waals surface area contributed by atoms with E-state index >= 15 is 0 Å². The van der Waals surface area contributed by atoms with Crippen LogP contribution in [0.15, 0.2) is 4.99 Å². The number of aromatic nitrogens is 3. The van der Waals surface area contributed by atoms with Crippen molar-refractivity contribution in [2.24, 2.45) is 10.7 Å². The van der Waals surface area contributed by atoms with Gasteiger partial charge in [0.1, 0.15) is 12.4 Å². The maximum Gasteiger partial charge on any atom is 0.453 e. The number of aromatic amines is 1. The van der Waals surface area contributed by atoms with Crippen LogP contribution in [0.5, 0.6) is 0 Å². The first kappa shape index (κ1) is 17.9. The molecule has 0 bridgehead atoms. The zero-order chi connectivity index (χ0) is 14.6. The van der Waals surface area contributed by atoms with Gasteiger partial charge in [-0.1, -0.05) is 0 Å². The number of nitrogens with two attached hydrogens (primary N) is 1. The van der Waals surface area contributed by atoms with Gasteiger partial charge in [-0.25, -0.2) is 9.98 Å². The van der Waals surface area contributed by atoms with Crippen LogP contribution in [0.4, 0.5) is 13.2 Å². The van der Waals surface area contributed by atoms with E-state index in [-0.39, 0.29) is 48.4 Å². The van der Waals surface area contributed by atoms with E-state index in [1.165, 1.54) is 0 Å². The summed E-state index contributed by atoms with van der Waals surface area (Å²) in [6.07, 6.45) is -2.49. The molecule has 0 spiro atoms. The van der Waals surface area contributed by atoms with Crippen LogP contribution in [-0.2, 0) is 17.5 Å². The van der Waals surface area contributed by atoms with Gasteiger partial charge in [-0.15, -0.1) is 29.1 Å². The molecule has 1 aliphatic heterocycles. The molecule has 1 atom stereocenters. The second-order valence-corrected chi connectivity index (χ2v) is 4.32. The first-order chi connectivity index (χ1) is 9.45. The van der Waals surface area contributed by atoms with Gasteiger partial charge in [-0.2, -0.15) is 13.2 Å². The third kappa shape index (κ3) is 5.65. The smallest absolute Gasteiger partial charge is 0.376 e. The molecule has 2 rings (SSSR count). The molecule has 1 fully saturated rings. The van der Waals surface area contributed by atoms with E-state index in [0.29, 0.717) is 6.54 Å². The molecule has 0 radical (unpaired) electrons. The maximum absolute atomic E-state index is 12.3. The predicted molar refractivity (Wildman–Crippen MR) is 79.1 cm³/mol. The van der Waals surface area contributed by atoms with Crippen LogP contribution in [0, 0.1) is 0 Å². The molecule has 21 heavy (non-hydrogen) atoms. The number of halogens is 4. The van der Waals surface area contributed by atoms with Gasteiger partial charge in [0.25, 0.3) is 5.82 Å². The average molecular weight is 420 g/mol. The highest BCUT2D eigenvalue weighted by atomic mass is 127. The Labute approximate surface area is 136 Å². The van der Waals surface area contributed by atoms with Gasteiger partial charge >= 0.3 is 6.18 Å². The highest BCUT2D eigenvalue weighted by Crippen LogP contribution is 2.25. The number of rotatable bonds is 4. The second-order valence-electron chi connectivity index (χ2n) is 4.32. The molecule has 11 heteroatoms. The summed E-state index contributed by atoms with van der Waals surface area (Å²) in [7, 11) is 0. The number of guanidine groups is 1. The largest absolute Gasteiger partial charge is 0.453 e. The summed E-state index contributed by atoms with van der Waals surface area (Å²) in [6, 6.07) is 0. The lowest BCUT2D eigenvalue weighted by molar-refractivity contribution is -0.144. The third-order valence-corrected chi connectivity index (χ3v) is 2.72. The standard InChI is InChI=1S/C10H15F3N6O.HI/c11-10(12,13)8-17-7(18-19-8)5-16-9(14)15-4-6-2-1-3-20-6;/h6H,1-5H2,(H3,14,15,16)(H,17,18,19);1H. The summed E-state index contributed by atoms with van der Waals surface area (Å²) in [5, 5.41) is 8.08. The minimum absolute atomic E-state index is 0. The highest BCUT2D eigenvalue weighted by molar-refractivity contribution is 14.0. The van der Waals surface area contributed by atoms with Crippen LogP contribution < -0.4 is 11.1 Å². The second kappa shape index (κ2) is 7.77. The molecule has 1 aromatic rings. The topological polar surface area (TPSA) is 101 Å². The van der Waals surface area contributed by atoms with Gasteiger partial charge in [0, 0.05) is 13.2 Å². The van der Waals surface area contributed by atoms with Crippen molar-refractivity contribution in [3.8, 4) is 0 Å². The van der Waals surface area contributed by atoms with Gasteiger partial charge in [-0.05, 0) is 12.8 Å². The monoisotopic (exact) mass is 420 g/mol. The van der Waals surface area contributed by atoms with Gasteiger partial charge in [0.15, 0.2) is 5.96 Å². The fourth-order valence-electron chi connectivity index (χ4n) is 1.73. The predicted octanol–water partition coefficient (Wildman–Crippen LogP) is 1.02. The van der Waals surface area contributed by atoms with Crippen molar-refractivity contribution in [1.29, 1.82) is 0 Å². The lowest BCUT2D eigenvalue weighted by Gasteiger charge is -2.10. The third-order valence-electron chi connectivity index (χ3n) is 2.72. The molecule has 0 amide bonds. The zero-order valence-electron chi connectivity index (χ0n) is 11.0. The molecule has 0 saturated carbocycles. The Morgan fingerprint density at radius 1 is 1.52 bits per heavy atom. The number of hydrogen-bond donors (Lipinski definition) is 3. The van der Waals surface area contributed by atoms with E-state index in [0.717, 1.165) is 19.4 Å². The Kier molecular flexibility index (Phi) is 6.64. The van der Waals surface area contributed by atoms with E-state index in [2.05, 4.69) is 25.5 Å². The Morgan fingerprint density at radius 2 is 2.29 bits per heavy atom. The van der Waals surface area contributed by atoms with E-state index < -0.39 is 12.0 Å². The number of ether oxygens (including phenoxy) is 1. The molecule has 120 valence electrons. The van der Waals surface area contributed by atoms with Crippen molar-refractivity contribution in [3.05, 3.63) is 11.6 Å². The average Bonchev–Trinajstić information content (AvgIpc) is 3.04. The van der Waals surface area contributed by atoms with Crippen molar-refractivity contribution in [3.63, 3.8) is 0 Å². The number of aliphatic imine (C=N–C) groups is 1. The SMILES string of the molecule is I.NC(=NCc1nc(C(F)(F)F)n[nH]1)NCC1CCCO1. The fourth-order valence-corrected chi connectivity index (χ4v) is 1.73. The van der Waals surface area contributed by atoms with Crippen LogP contribution in [0.25, 0.3) is 0 Å². The summed E-state index contributed by atoms with van der Waals surface area (Å²) in [6.45, 7) is 1.16. The summed E-state index contributed by atoms with van der Waals surface area (Å²) >= 11 is 0. The minimum Gasteiger partial charge on any atom is -0.376 e. The van der Waals surface area contributed by atoms with Crippen LogP contribution in [0.3, 0.4) is 0 Å². The van der Waals surface area contributed by atoms with Crippen molar-refractivity contribution in [2.45, 2.75) is 31.7 Å². The van der Waals surface area contributed by atoms with Crippen molar-refractivity contribution < 1.29 is 17.9 Å². The van der Waals surface area contributed by atoms with Crippen molar-refractivity contribution in [1.82, 2.24) is 20.5 Å². The normalized spacial score (nSPS) is 19.4. The number of H-pyrrole nitrogens is 1. The lowest BCUT2D eigenvalue weighted by Crippen LogP contribution is -2.37. The highest BCUT2D eigenvalue weighted by Gasteiger charge is 2.35. The molecule has 1 unspecified atom stereocenters. The van der Waals surface area contributed by atoms with Gasteiger partial charge in [0.2, 0.25) is 0 Å². The van der Waals surface area contributed by atoms with E-state index in [4.69, 9.17) is 10.5 Å². The van der Waals surface area contributed by atoms with Crippen molar-refractivity contribution >= 4 is 29.9 Å². The molecule has 4 N–H and O–H groups in total. The van der Waals surface area contributed by atoms with E-state index in [1.807, 2.05) is 0 Å². The Hall–Kier alpha value is -1.11. The summed E-state index contributed by atoms with van der Waals surface area (Å²) < 4.78 is 42.2. The van der Waals surface area contributed by atoms with Crippen LogP contribution in [-0.4, -0.2) is 40.4 Å². The number of hydrogen-bond acceptors (Lipinski definition) is 4. The van der Waals surface area contributed by atoms with Crippen LogP contribution >= 0.6 is 24.0 Å². The molecule has 0 aromatic carbocycles. The van der Waals surface area contributed by atoms with Crippen LogP contribution in [0.2, 0.25) is 0 Å². The summed E-state index contributed by atoms with van der Waals surface area (Å²) in [5.74, 6) is -1.08. The van der Waals surface area contributed by atoms with E-state index in [9.17, 15) is 13.2 Å². The summed E-state index contributed by atoms with van der Waals surface area (Å²) in [5.41, 5.74) is 5.59. The number of alkyl halides is 3. The first-order valence-corrected chi connectivity index (χ1v) is 6.09. The minimum atomic E-state index is -4.57. The molecule has 7 nitrogen and oxygen atoms in total. The van der Waals surface area contributed by atoms with Gasteiger partial charge in [-0.3, -0.25) is 5.10 Å². The zero-order valence-corrected chi connectivity index (χ0v) is 13.3. The molecule has 2 heterocycles. The Balaban J connectivity index is 0.00000220.